The topological polar surface area (TPSA) is 55.1 Å². The number of hydrogen-bond acceptors (Lipinski definition) is 5. The van der Waals surface area contributed by atoms with Crippen molar-refractivity contribution in [2.24, 2.45) is 0 Å². The SMILES string of the molecule is Cc1cc(C)c2c(c1)N(Cc1nc(-c3ccccn3)no1)CCC2. The fraction of sp³-hybridized carbons (Fsp3) is 0.316. The van der Waals surface area contributed by atoms with E-state index in [4.69, 9.17) is 4.52 Å². The average molecular weight is 320 g/mol. The van der Waals surface area contributed by atoms with Crippen LogP contribution in [0.25, 0.3) is 11.5 Å². The molecule has 5 nitrogen and oxygen atoms in total. The first-order valence-corrected chi connectivity index (χ1v) is 8.30. The summed E-state index contributed by atoms with van der Waals surface area (Å²) in [5.41, 5.74) is 6.14. The molecule has 1 aliphatic heterocycles. The minimum atomic E-state index is 0.545. The van der Waals surface area contributed by atoms with Crippen molar-refractivity contribution in [1.29, 1.82) is 0 Å². The Kier molecular flexibility index (Phi) is 3.76. The Balaban J connectivity index is 1.61. The van der Waals surface area contributed by atoms with E-state index in [9.17, 15) is 0 Å². The lowest BCUT2D eigenvalue weighted by molar-refractivity contribution is 0.375. The Hall–Kier alpha value is -2.69. The number of anilines is 1. The van der Waals surface area contributed by atoms with Crippen LogP contribution in [0.4, 0.5) is 5.69 Å². The van der Waals surface area contributed by atoms with Gasteiger partial charge in [-0.3, -0.25) is 4.98 Å². The standard InChI is InChI=1S/C19H20N4O/c1-13-10-14(2)15-6-5-9-23(17(15)11-13)12-18-21-19(22-24-18)16-7-3-4-8-20-16/h3-4,7-8,10-11H,5-6,9,12H2,1-2H3. The van der Waals surface area contributed by atoms with Crippen molar-refractivity contribution in [1.82, 2.24) is 15.1 Å². The zero-order valence-electron chi connectivity index (χ0n) is 14.0. The summed E-state index contributed by atoms with van der Waals surface area (Å²) in [5.74, 6) is 1.17. The highest BCUT2D eigenvalue weighted by Gasteiger charge is 2.21. The van der Waals surface area contributed by atoms with Crippen molar-refractivity contribution in [2.45, 2.75) is 33.2 Å². The summed E-state index contributed by atoms with van der Waals surface area (Å²) in [6.45, 7) is 5.99. The molecule has 0 spiro atoms. The van der Waals surface area contributed by atoms with E-state index < -0.39 is 0 Å². The molecule has 3 aromatic rings. The van der Waals surface area contributed by atoms with Gasteiger partial charge in [-0.1, -0.05) is 17.3 Å². The Morgan fingerprint density at radius 1 is 1.21 bits per heavy atom. The van der Waals surface area contributed by atoms with E-state index >= 15 is 0 Å². The van der Waals surface area contributed by atoms with Crippen LogP contribution >= 0.6 is 0 Å². The molecule has 0 amide bonds. The molecule has 1 aromatic carbocycles. The van der Waals surface area contributed by atoms with Gasteiger partial charge in [0, 0.05) is 18.4 Å². The molecule has 0 N–H and O–H groups in total. The minimum Gasteiger partial charge on any atom is -0.362 e. The van der Waals surface area contributed by atoms with Crippen LogP contribution in [-0.4, -0.2) is 21.7 Å². The second-order valence-corrected chi connectivity index (χ2v) is 6.33. The van der Waals surface area contributed by atoms with Gasteiger partial charge in [0.15, 0.2) is 0 Å². The van der Waals surface area contributed by atoms with Gasteiger partial charge in [-0.05, 0) is 61.6 Å². The summed E-state index contributed by atoms with van der Waals surface area (Å²) >= 11 is 0. The summed E-state index contributed by atoms with van der Waals surface area (Å²) in [7, 11) is 0. The third-order valence-electron chi connectivity index (χ3n) is 4.48. The van der Waals surface area contributed by atoms with Crippen molar-refractivity contribution < 1.29 is 4.52 Å². The van der Waals surface area contributed by atoms with E-state index in [1.807, 2.05) is 18.2 Å². The monoisotopic (exact) mass is 320 g/mol. The molecule has 0 fully saturated rings. The summed E-state index contributed by atoms with van der Waals surface area (Å²) < 4.78 is 5.45. The van der Waals surface area contributed by atoms with Gasteiger partial charge in [-0.2, -0.15) is 4.98 Å². The number of aromatic nitrogens is 3. The number of pyridine rings is 1. The fourth-order valence-electron chi connectivity index (χ4n) is 3.40. The Morgan fingerprint density at radius 2 is 2.12 bits per heavy atom. The van der Waals surface area contributed by atoms with E-state index in [1.54, 1.807) is 6.20 Å². The second-order valence-electron chi connectivity index (χ2n) is 6.33. The highest BCUT2D eigenvalue weighted by Crippen LogP contribution is 2.32. The van der Waals surface area contributed by atoms with Crippen molar-refractivity contribution in [3.05, 3.63) is 59.1 Å². The van der Waals surface area contributed by atoms with E-state index in [1.165, 1.54) is 22.4 Å². The molecule has 122 valence electrons. The zero-order valence-corrected chi connectivity index (χ0v) is 14.0. The Labute approximate surface area is 141 Å². The second kappa shape index (κ2) is 6.07. The molecule has 1 aliphatic rings. The zero-order chi connectivity index (χ0) is 16.5. The van der Waals surface area contributed by atoms with Gasteiger partial charge in [0.1, 0.15) is 5.69 Å². The van der Waals surface area contributed by atoms with Crippen LogP contribution in [0.2, 0.25) is 0 Å². The van der Waals surface area contributed by atoms with Gasteiger partial charge in [0.05, 0.1) is 6.54 Å². The average Bonchev–Trinajstić information content (AvgIpc) is 3.05. The van der Waals surface area contributed by atoms with Crippen molar-refractivity contribution in [3.8, 4) is 11.5 Å². The van der Waals surface area contributed by atoms with Crippen LogP contribution in [0.15, 0.2) is 41.1 Å². The number of nitrogens with zero attached hydrogens (tertiary/aromatic N) is 4. The van der Waals surface area contributed by atoms with Gasteiger partial charge in [-0.25, -0.2) is 0 Å². The molecule has 3 heterocycles. The van der Waals surface area contributed by atoms with Gasteiger partial charge in [-0.15, -0.1) is 0 Å². The first-order chi connectivity index (χ1) is 11.7. The first-order valence-electron chi connectivity index (χ1n) is 8.30. The Bertz CT molecular complexity index is 857. The minimum absolute atomic E-state index is 0.545. The van der Waals surface area contributed by atoms with Crippen LogP contribution in [0.5, 0.6) is 0 Å². The van der Waals surface area contributed by atoms with E-state index in [2.05, 4.69) is 46.0 Å². The summed E-state index contributed by atoms with van der Waals surface area (Å²) in [4.78, 5) is 11.1. The Morgan fingerprint density at radius 3 is 2.96 bits per heavy atom. The first kappa shape index (κ1) is 14.9. The van der Waals surface area contributed by atoms with Crippen LogP contribution in [-0.2, 0) is 13.0 Å². The summed E-state index contributed by atoms with van der Waals surface area (Å²) in [5, 5.41) is 4.07. The molecular weight excluding hydrogens is 300 g/mol. The molecule has 5 heteroatoms. The molecule has 0 bridgehead atoms. The van der Waals surface area contributed by atoms with Crippen LogP contribution in [0.3, 0.4) is 0 Å². The van der Waals surface area contributed by atoms with Gasteiger partial charge in [0.25, 0.3) is 0 Å². The van der Waals surface area contributed by atoms with Crippen LogP contribution in [0.1, 0.15) is 29.0 Å². The predicted molar refractivity (Wildman–Crippen MR) is 92.8 cm³/mol. The normalized spacial score (nSPS) is 13.8. The van der Waals surface area contributed by atoms with Gasteiger partial charge in [0.2, 0.25) is 11.7 Å². The van der Waals surface area contributed by atoms with Crippen molar-refractivity contribution >= 4 is 5.69 Å². The lowest BCUT2D eigenvalue weighted by Crippen LogP contribution is -2.29. The highest BCUT2D eigenvalue weighted by atomic mass is 16.5. The molecule has 2 aromatic heterocycles. The number of rotatable bonds is 3. The number of hydrogen-bond donors (Lipinski definition) is 0. The number of benzene rings is 1. The van der Waals surface area contributed by atoms with E-state index in [-0.39, 0.29) is 0 Å². The quantitative estimate of drug-likeness (QED) is 0.736. The van der Waals surface area contributed by atoms with Gasteiger partial charge >= 0.3 is 0 Å². The lowest BCUT2D eigenvalue weighted by Gasteiger charge is -2.31. The largest absolute Gasteiger partial charge is 0.362 e. The lowest BCUT2D eigenvalue weighted by atomic mass is 9.95. The molecule has 0 atom stereocenters. The molecular formula is C19H20N4O. The molecule has 0 radical (unpaired) electrons. The highest BCUT2D eigenvalue weighted by molar-refractivity contribution is 5.60. The summed E-state index contributed by atoms with van der Waals surface area (Å²) in [6, 6.07) is 10.2. The molecule has 0 aliphatic carbocycles. The van der Waals surface area contributed by atoms with Crippen molar-refractivity contribution in [3.63, 3.8) is 0 Å². The molecule has 0 saturated carbocycles. The fourth-order valence-corrected chi connectivity index (χ4v) is 3.40. The van der Waals surface area contributed by atoms with E-state index in [0.717, 1.165) is 25.1 Å². The van der Waals surface area contributed by atoms with E-state index in [0.29, 0.717) is 18.3 Å². The maximum Gasteiger partial charge on any atom is 0.246 e. The van der Waals surface area contributed by atoms with Gasteiger partial charge < -0.3 is 9.42 Å². The third kappa shape index (κ3) is 2.77. The maximum atomic E-state index is 5.45. The predicted octanol–water partition coefficient (Wildman–Crippen LogP) is 3.70. The molecule has 0 unspecified atom stereocenters. The summed E-state index contributed by atoms with van der Waals surface area (Å²) in [6.07, 6.45) is 4.02. The number of fused-ring (bicyclic) bond motifs is 1. The maximum absolute atomic E-state index is 5.45. The molecule has 4 rings (SSSR count). The van der Waals surface area contributed by atoms with Crippen LogP contribution in [0, 0.1) is 13.8 Å². The molecule has 0 saturated heterocycles. The molecule has 24 heavy (non-hydrogen) atoms. The van der Waals surface area contributed by atoms with Crippen LogP contribution < -0.4 is 4.90 Å². The van der Waals surface area contributed by atoms with Crippen molar-refractivity contribution in [2.75, 3.05) is 11.4 Å². The smallest absolute Gasteiger partial charge is 0.246 e. The third-order valence-corrected chi connectivity index (χ3v) is 4.48. The number of aryl methyl sites for hydroxylation is 2.